The zero-order valence-electron chi connectivity index (χ0n) is 16.0. The fourth-order valence-corrected chi connectivity index (χ4v) is 3.85. The molecule has 1 N–H and O–H groups in total. The molecule has 0 spiro atoms. The molecule has 0 atom stereocenters. The highest BCUT2D eigenvalue weighted by Gasteiger charge is 2.14. The molecule has 0 unspecified atom stereocenters. The summed E-state index contributed by atoms with van der Waals surface area (Å²) in [6.45, 7) is 3.48. The number of halogens is 1. The van der Waals surface area contributed by atoms with Crippen molar-refractivity contribution in [2.75, 3.05) is 11.9 Å². The third-order valence-corrected chi connectivity index (χ3v) is 5.08. The van der Waals surface area contributed by atoms with Gasteiger partial charge in [-0.05, 0) is 55.3 Å². The number of amides is 1. The minimum Gasteiger partial charge on any atom is -0.456 e. The molecule has 0 aliphatic heterocycles. The Hall–Kier alpha value is -3.13. The maximum absolute atomic E-state index is 12.9. The fraction of sp³-hybridized carbons (Fsp3) is 0.238. The first kappa shape index (κ1) is 20.6. The van der Waals surface area contributed by atoms with Gasteiger partial charge in [0, 0.05) is 12.0 Å². The molecule has 6 nitrogen and oxygen atoms in total. The van der Waals surface area contributed by atoms with Gasteiger partial charge in [0.15, 0.2) is 17.5 Å². The van der Waals surface area contributed by atoms with Crippen molar-refractivity contribution in [3.63, 3.8) is 0 Å². The smallest absolute Gasteiger partial charge is 0.306 e. The van der Waals surface area contributed by atoms with Crippen LogP contribution >= 0.6 is 11.3 Å². The number of ketones is 1. The number of esters is 1. The van der Waals surface area contributed by atoms with Crippen molar-refractivity contribution in [2.45, 2.75) is 26.7 Å². The number of Topliss-reactive ketones (excluding diaryl/α,β-unsaturated/α-hetero) is 1. The van der Waals surface area contributed by atoms with Crippen LogP contribution in [0, 0.1) is 19.7 Å². The summed E-state index contributed by atoms with van der Waals surface area (Å²) in [6.07, 6.45) is -0.244. The minimum atomic E-state index is -0.661. The second-order valence-corrected chi connectivity index (χ2v) is 7.62. The van der Waals surface area contributed by atoms with Gasteiger partial charge >= 0.3 is 5.97 Å². The highest BCUT2D eigenvalue weighted by molar-refractivity contribution is 7.22. The van der Waals surface area contributed by atoms with Crippen LogP contribution in [-0.2, 0) is 14.3 Å². The molecule has 0 radical (unpaired) electrons. The number of nitrogens with one attached hydrogen (secondary N) is 1. The molecule has 150 valence electrons. The summed E-state index contributed by atoms with van der Waals surface area (Å²) >= 11 is 1.35. The molecule has 1 heterocycles. The van der Waals surface area contributed by atoms with Gasteiger partial charge in [-0.3, -0.25) is 19.7 Å². The van der Waals surface area contributed by atoms with E-state index in [1.807, 2.05) is 26.0 Å². The number of aryl methyl sites for hydroxylation is 2. The molecule has 0 bridgehead atoms. The number of carbonyl (C=O) groups excluding carboxylic acids is 3. The van der Waals surface area contributed by atoms with Crippen LogP contribution in [0.5, 0.6) is 0 Å². The quantitative estimate of drug-likeness (QED) is 0.463. The van der Waals surface area contributed by atoms with Crippen LogP contribution in [0.3, 0.4) is 0 Å². The van der Waals surface area contributed by atoms with Gasteiger partial charge in [0.05, 0.1) is 16.6 Å². The molecular formula is C21H19FN2O4S. The monoisotopic (exact) mass is 414 g/mol. The lowest BCUT2D eigenvalue weighted by molar-refractivity contribution is -0.147. The van der Waals surface area contributed by atoms with Crippen LogP contribution in [0.4, 0.5) is 9.52 Å². The van der Waals surface area contributed by atoms with Crippen LogP contribution in [0.25, 0.3) is 10.2 Å². The van der Waals surface area contributed by atoms with E-state index < -0.39 is 24.3 Å². The SMILES string of the molecule is Cc1cc(C)c2nc(NC(=O)COC(=O)CCC(=O)c3ccc(F)cc3)sc2c1. The van der Waals surface area contributed by atoms with Crippen molar-refractivity contribution >= 4 is 44.3 Å². The number of carbonyl (C=O) groups is 3. The molecule has 3 aromatic rings. The maximum atomic E-state index is 12.9. The Labute approximate surface area is 170 Å². The molecule has 1 amide bonds. The fourth-order valence-electron chi connectivity index (χ4n) is 2.79. The molecule has 29 heavy (non-hydrogen) atoms. The van der Waals surface area contributed by atoms with Gasteiger partial charge in [-0.15, -0.1) is 0 Å². The Morgan fingerprint density at radius 3 is 2.55 bits per heavy atom. The van der Waals surface area contributed by atoms with Crippen LogP contribution in [0.2, 0.25) is 0 Å². The molecule has 3 rings (SSSR count). The van der Waals surface area contributed by atoms with Crippen molar-refractivity contribution < 1.29 is 23.5 Å². The Balaban J connectivity index is 1.46. The minimum absolute atomic E-state index is 0.0808. The molecule has 0 saturated carbocycles. The normalized spacial score (nSPS) is 10.7. The summed E-state index contributed by atoms with van der Waals surface area (Å²) < 4.78 is 18.7. The standard InChI is InChI=1S/C21H19FN2O4S/c1-12-9-13(2)20-17(10-12)29-21(24-20)23-18(26)11-28-19(27)8-7-16(25)14-3-5-15(22)6-4-14/h3-6,9-10H,7-8,11H2,1-2H3,(H,23,24,26). The van der Waals surface area contributed by atoms with Crippen molar-refractivity contribution in [2.24, 2.45) is 0 Å². The third-order valence-electron chi connectivity index (χ3n) is 4.16. The molecule has 1 aromatic heterocycles. The predicted molar refractivity (Wildman–Crippen MR) is 109 cm³/mol. The summed E-state index contributed by atoms with van der Waals surface area (Å²) in [5.41, 5.74) is 3.28. The molecular weight excluding hydrogens is 395 g/mol. The van der Waals surface area contributed by atoms with Gasteiger partial charge in [-0.1, -0.05) is 17.4 Å². The largest absolute Gasteiger partial charge is 0.456 e. The number of hydrogen-bond donors (Lipinski definition) is 1. The van der Waals surface area contributed by atoms with Crippen LogP contribution in [0.15, 0.2) is 36.4 Å². The van der Waals surface area contributed by atoms with E-state index in [9.17, 15) is 18.8 Å². The lowest BCUT2D eigenvalue weighted by Gasteiger charge is -2.04. The number of aromatic nitrogens is 1. The molecule has 0 aliphatic rings. The Bertz CT molecular complexity index is 1080. The Kier molecular flexibility index (Phi) is 6.33. The van der Waals surface area contributed by atoms with E-state index in [4.69, 9.17) is 4.74 Å². The van der Waals surface area contributed by atoms with E-state index in [2.05, 4.69) is 10.3 Å². The van der Waals surface area contributed by atoms with Crippen molar-refractivity contribution in [1.29, 1.82) is 0 Å². The summed E-state index contributed by atoms with van der Waals surface area (Å²) in [5, 5.41) is 3.05. The Morgan fingerprint density at radius 2 is 1.83 bits per heavy atom. The van der Waals surface area contributed by atoms with Gasteiger partial charge in [-0.2, -0.15) is 0 Å². The number of rotatable bonds is 7. The number of fused-ring (bicyclic) bond motifs is 1. The third kappa shape index (κ3) is 5.45. The first-order chi connectivity index (χ1) is 13.8. The number of thiazole rings is 1. The van der Waals surface area contributed by atoms with Gasteiger partial charge in [0.2, 0.25) is 0 Å². The first-order valence-electron chi connectivity index (χ1n) is 8.94. The zero-order chi connectivity index (χ0) is 21.0. The van der Waals surface area contributed by atoms with Crippen molar-refractivity contribution in [1.82, 2.24) is 4.98 Å². The van der Waals surface area contributed by atoms with Gasteiger partial charge < -0.3 is 4.74 Å². The highest BCUT2D eigenvalue weighted by atomic mass is 32.1. The van der Waals surface area contributed by atoms with Crippen LogP contribution in [-0.4, -0.2) is 29.3 Å². The Morgan fingerprint density at radius 1 is 1.10 bits per heavy atom. The topological polar surface area (TPSA) is 85.4 Å². The van der Waals surface area contributed by atoms with Gasteiger partial charge in [-0.25, -0.2) is 9.37 Å². The summed E-state index contributed by atoms with van der Waals surface area (Å²) in [6, 6.07) is 9.09. The molecule has 0 aliphatic carbocycles. The number of nitrogens with zero attached hydrogens (tertiary/aromatic N) is 1. The van der Waals surface area contributed by atoms with E-state index in [-0.39, 0.29) is 18.6 Å². The van der Waals surface area contributed by atoms with E-state index in [0.717, 1.165) is 21.3 Å². The molecule has 0 saturated heterocycles. The highest BCUT2D eigenvalue weighted by Crippen LogP contribution is 2.29. The summed E-state index contributed by atoms with van der Waals surface area (Å²) in [4.78, 5) is 40.2. The lowest BCUT2D eigenvalue weighted by atomic mass is 10.1. The van der Waals surface area contributed by atoms with E-state index >= 15 is 0 Å². The van der Waals surface area contributed by atoms with Crippen LogP contribution < -0.4 is 5.32 Å². The summed E-state index contributed by atoms with van der Waals surface area (Å²) in [5.74, 6) is -1.90. The first-order valence-corrected chi connectivity index (χ1v) is 9.75. The number of benzene rings is 2. The molecule has 0 fully saturated rings. The maximum Gasteiger partial charge on any atom is 0.306 e. The molecule has 2 aromatic carbocycles. The summed E-state index contributed by atoms with van der Waals surface area (Å²) in [7, 11) is 0. The van der Waals surface area contributed by atoms with E-state index in [1.165, 1.54) is 35.6 Å². The van der Waals surface area contributed by atoms with E-state index in [1.54, 1.807) is 0 Å². The lowest BCUT2D eigenvalue weighted by Crippen LogP contribution is -2.21. The molecule has 8 heteroatoms. The van der Waals surface area contributed by atoms with E-state index in [0.29, 0.717) is 10.7 Å². The average Bonchev–Trinajstić information content (AvgIpc) is 3.07. The zero-order valence-corrected chi connectivity index (χ0v) is 16.8. The van der Waals surface area contributed by atoms with Gasteiger partial charge in [0.25, 0.3) is 5.91 Å². The average molecular weight is 414 g/mol. The predicted octanol–water partition coefficient (Wildman–Crippen LogP) is 4.20. The second-order valence-electron chi connectivity index (χ2n) is 6.59. The number of ether oxygens (including phenoxy) is 1. The number of hydrogen-bond acceptors (Lipinski definition) is 6. The number of anilines is 1. The van der Waals surface area contributed by atoms with Gasteiger partial charge in [0.1, 0.15) is 5.82 Å². The van der Waals surface area contributed by atoms with Crippen molar-refractivity contribution in [3.05, 3.63) is 58.9 Å². The van der Waals surface area contributed by atoms with Crippen molar-refractivity contribution in [3.8, 4) is 0 Å². The van der Waals surface area contributed by atoms with Crippen LogP contribution in [0.1, 0.15) is 34.3 Å². The second kappa shape index (κ2) is 8.91.